The number of carbonyl (C=O) groups excluding carboxylic acids is 3. The van der Waals surface area contributed by atoms with E-state index < -0.39 is 48.4 Å². The van der Waals surface area contributed by atoms with Crippen LogP contribution in [0.25, 0.3) is 11.1 Å². The number of nitrogens with one attached hydrogen (secondary N) is 2. The lowest BCUT2D eigenvalue weighted by atomic mass is 9.98. The topological polar surface area (TPSA) is 131 Å². The predicted octanol–water partition coefficient (Wildman–Crippen LogP) is 2.83. The number of esters is 1. The largest absolute Gasteiger partial charge is 0.480 e. The summed E-state index contributed by atoms with van der Waals surface area (Å²) in [6.07, 6.45) is 0.651. The molecule has 0 radical (unpaired) electrons. The van der Waals surface area contributed by atoms with Gasteiger partial charge in [0.2, 0.25) is 5.91 Å². The Morgan fingerprint density at radius 3 is 2.23 bits per heavy atom. The van der Waals surface area contributed by atoms with Gasteiger partial charge >= 0.3 is 18.0 Å². The van der Waals surface area contributed by atoms with Crippen molar-refractivity contribution in [1.29, 1.82) is 0 Å². The van der Waals surface area contributed by atoms with Crippen molar-refractivity contribution in [3.8, 4) is 11.1 Å². The molecule has 4 rings (SSSR count). The third kappa shape index (κ3) is 5.29. The first-order valence-electron chi connectivity index (χ1n) is 11.6. The van der Waals surface area contributed by atoms with Crippen molar-refractivity contribution in [3.05, 3.63) is 59.7 Å². The van der Waals surface area contributed by atoms with E-state index in [1.165, 1.54) is 0 Å². The summed E-state index contributed by atoms with van der Waals surface area (Å²) in [5.41, 5.74) is 4.46. The van der Waals surface area contributed by atoms with Gasteiger partial charge in [-0.05, 0) is 35.1 Å². The van der Waals surface area contributed by atoms with Crippen LogP contribution >= 0.6 is 0 Å². The minimum atomic E-state index is -1.40. The Kier molecular flexibility index (Phi) is 7.33. The number of methoxy groups -OCH3 is 1. The van der Waals surface area contributed by atoms with Gasteiger partial charge in [0.05, 0.1) is 19.4 Å². The second-order valence-corrected chi connectivity index (χ2v) is 8.79. The molecule has 0 saturated heterocycles. The van der Waals surface area contributed by atoms with E-state index in [1.807, 2.05) is 36.4 Å². The zero-order valence-corrected chi connectivity index (χ0v) is 19.4. The van der Waals surface area contributed by atoms with E-state index >= 15 is 0 Å². The number of hydrogen-bond donors (Lipinski definition) is 3. The minimum absolute atomic E-state index is 0.0783. The van der Waals surface area contributed by atoms with Crippen molar-refractivity contribution in [2.75, 3.05) is 13.7 Å². The number of hydrogen-bond acceptors (Lipinski definition) is 6. The summed E-state index contributed by atoms with van der Waals surface area (Å²) in [4.78, 5) is 48.3. The molecule has 0 unspecified atom stereocenters. The van der Waals surface area contributed by atoms with Gasteiger partial charge in [-0.15, -0.1) is 0 Å². The van der Waals surface area contributed by atoms with E-state index in [0.717, 1.165) is 29.4 Å². The second kappa shape index (κ2) is 10.6. The van der Waals surface area contributed by atoms with E-state index in [0.29, 0.717) is 19.3 Å². The number of carbonyl (C=O) groups is 4. The Morgan fingerprint density at radius 2 is 1.63 bits per heavy atom. The molecule has 3 atom stereocenters. The molecule has 184 valence electrons. The number of carboxylic acids is 1. The lowest BCUT2D eigenvalue weighted by molar-refractivity contribution is -0.149. The summed E-state index contributed by atoms with van der Waals surface area (Å²) in [6, 6.07) is 14.2. The van der Waals surface area contributed by atoms with E-state index in [1.54, 1.807) is 0 Å². The van der Waals surface area contributed by atoms with Crippen LogP contribution in [0.1, 0.15) is 42.7 Å². The molecule has 0 aromatic heterocycles. The fourth-order valence-electron chi connectivity index (χ4n) is 4.97. The standard InChI is InChI=1S/C26H28N2O7/c1-34-23(29)13-22(25(31)32)27-24(30)19-11-6-12-21(19)28-26(33)35-14-20-17-9-4-2-7-15(17)16-8-3-5-10-18(16)20/h2-5,7-10,19-22H,6,11-14H2,1H3,(H,27,30)(H,28,33)(H,31,32)/t19-,21+,22-/m1/s1. The van der Waals surface area contributed by atoms with Crippen LogP contribution in [0, 0.1) is 5.92 Å². The van der Waals surface area contributed by atoms with E-state index in [-0.39, 0.29) is 12.5 Å². The zero-order valence-electron chi connectivity index (χ0n) is 19.4. The fourth-order valence-corrected chi connectivity index (χ4v) is 4.97. The second-order valence-electron chi connectivity index (χ2n) is 8.79. The molecule has 9 nitrogen and oxygen atoms in total. The van der Waals surface area contributed by atoms with Crippen LogP contribution in [0.5, 0.6) is 0 Å². The molecule has 0 heterocycles. The molecule has 2 aliphatic carbocycles. The van der Waals surface area contributed by atoms with Crippen LogP contribution in [0.4, 0.5) is 4.79 Å². The molecule has 2 aromatic carbocycles. The quantitative estimate of drug-likeness (QED) is 0.495. The zero-order chi connectivity index (χ0) is 24.9. The molecule has 2 amide bonds. The maximum absolute atomic E-state index is 12.7. The van der Waals surface area contributed by atoms with Crippen LogP contribution in [-0.2, 0) is 23.9 Å². The maximum atomic E-state index is 12.7. The molecular weight excluding hydrogens is 452 g/mol. The third-order valence-electron chi connectivity index (χ3n) is 6.71. The maximum Gasteiger partial charge on any atom is 0.407 e. The summed E-state index contributed by atoms with van der Waals surface area (Å²) < 4.78 is 10.1. The highest BCUT2D eigenvalue weighted by atomic mass is 16.5. The average molecular weight is 481 g/mol. The van der Waals surface area contributed by atoms with Crippen LogP contribution in [0.2, 0.25) is 0 Å². The van der Waals surface area contributed by atoms with Crippen molar-refractivity contribution in [2.24, 2.45) is 5.92 Å². The fraction of sp³-hybridized carbons (Fsp3) is 0.385. The molecule has 3 N–H and O–H groups in total. The van der Waals surface area contributed by atoms with Crippen molar-refractivity contribution in [2.45, 2.75) is 43.7 Å². The van der Waals surface area contributed by atoms with E-state index in [2.05, 4.69) is 27.5 Å². The lowest BCUT2D eigenvalue weighted by Gasteiger charge is -2.23. The predicted molar refractivity (Wildman–Crippen MR) is 126 cm³/mol. The van der Waals surface area contributed by atoms with E-state index in [9.17, 15) is 24.3 Å². The SMILES string of the molecule is COC(=O)C[C@@H](NC(=O)[C@@H]1CCC[C@@H]1NC(=O)OCC1c2ccccc2-c2ccccc21)C(=O)O. The third-order valence-corrected chi connectivity index (χ3v) is 6.71. The Labute approximate surface area is 202 Å². The number of benzene rings is 2. The number of aliphatic carboxylic acids is 1. The lowest BCUT2D eigenvalue weighted by Crippen LogP contribution is -2.49. The first-order valence-corrected chi connectivity index (χ1v) is 11.6. The van der Waals surface area contributed by atoms with Crippen molar-refractivity contribution in [3.63, 3.8) is 0 Å². The van der Waals surface area contributed by atoms with Crippen LogP contribution in [-0.4, -0.2) is 54.8 Å². The van der Waals surface area contributed by atoms with Crippen LogP contribution < -0.4 is 10.6 Å². The normalized spacial score (nSPS) is 19.2. The number of carboxylic acid groups (broad SMARTS) is 1. The average Bonchev–Trinajstić information content (AvgIpc) is 3.44. The Morgan fingerprint density at radius 1 is 1.00 bits per heavy atom. The number of fused-ring (bicyclic) bond motifs is 3. The van der Waals surface area contributed by atoms with Gasteiger partial charge in [-0.2, -0.15) is 0 Å². The van der Waals surface area contributed by atoms with Crippen molar-refractivity contribution >= 4 is 23.9 Å². The summed E-state index contributed by atoms with van der Waals surface area (Å²) in [6.45, 7) is 0.156. The first kappa shape index (κ1) is 24.3. The monoisotopic (exact) mass is 480 g/mol. The molecule has 35 heavy (non-hydrogen) atoms. The van der Waals surface area contributed by atoms with Gasteiger partial charge in [0.1, 0.15) is 12.6 Å². The first-order chi connectivity index (χ1) is 16.9. The van der Waals surface area contributed by atoms with Gasteiger partial charge < -0.3 is 25.2 Å². The van der Waals surface area contributed by atoms with Gasteiger partial charge in [-0.25, -0.2) is 9.59 Å². The number of ether oxygens (including phenoxy) is 2. The van der Waals surface area contributed by atoms with Crippen LogP contribution in [0.3, 0.4) is 0 Å². The molecule has 0 bridgehead atoms. The highest BCUT2D eigenvalue weighted by Crippen LogP contribution is 2.44. The highest BCUT2D eigenvalue weighted by molar-refractivity contribution is 5.88. The smallest absolute Gasteiger partial charge is 0.407 e. The Balaban J connectivity index is 1.35. The summed E-state index contributed by atoms with van der Waals surface area (Å²) in [7, 11) is 1.15. The molecule has 2 aromatic rings. The molecule has 9 heteroatoms. The van der Waals surface area contributed by atoms with Crippen molar-refractivity contribution < 1.29 is 33.8 Å². The summed E-state index contributed by atoms with van der Waals surface area (Å²) >= 11 is 0. The summed E-state index contributed by atoms with van der Waals surface area (Å²) in [5, 5.41) is 14.5. The summed E-state index contributed by atoms with van der Waals surface area (Å²) in [5.74, 6) is -3.29. The molecule has 0 aliphatic heterocycles. The Hall–Kier alpha value is -3.88. The van der Waals surface area contributed by atoms with Gasteiger partial charge in [0.25, 0.3) is 0 Å². The van der Waals surface area contributed by atoms with Gasteiger partial charge in [-0.3, -0.25) is 9.59 Å². The number of alkyl carbamates (subject to hydrolysis) is 1. The van der Waals surface area contributed by atoms with Crippen molar-refractivity contribution in [1.82, 2.24) is 10.6 Å². The van der Waals surface area contributed by atoms with Crippen LogP contribution in [0.15, 0.2) is 48.5 Å². The molecule has 1 saturated carbocycles. The molecule has 2 aliphatic rings. The molecule has 1 fully saturated rings. The van der Waals surface area contributed by atoms with Gasteiger partial charge in [0, 0.05) is 12.0 Å². The Bertz CT molecular complexity index is 1090. The highest BCUT2D eigenvalue weighted by Gasteiger charge is 2.37. The minimum Gasteiger partial charge on any atom is -0.480 e. The number of rotatable bonds is 8. The van der Waals surface area contributed by atoms with Gasteiger partial charge in [-0.1, -0.05) is 55.0 Å². The van der Waals surface area contributed by atoms with E-state index in [4.69, 9.17) is 4.74 Å². The van der Waals surface area contributed by atoms with Gasteiger partial charge in [0.15, 0.2) is 0 Å². The number of amides is 2. The molecule has 0 spiro atoms. The molecular formula is C26H28N2O7.